The van der Waals surface area contributed by atoms with Crippen LogP contribution in [0.15, 0.2) is 29.4 Å². The number of benzene rings is 1. The highest BCUT2D eigenvalue weighted by Crippen LogP contribution is 2.32. The summed E-state index contributed by atoms with van der Waals surface area (Å²) in [6, 6.07) is 7.00. The predicted octanol–water partition coefficient (Wildman–Crippen LogP) is 1.09. The van der Waals surface area contributed by atoms with Gasteiger partial charge in [-0.25, -0.2) is 0 Å². The number of anilines is 2. The summed E-state index contributed by atoms with van der Waals surface area (Å²) in [7, 11) is 1.79. The van der Waals surface area contributed by atoms with Crippen molar-refractivity contribution in [1.29, 1.82) is 0 Å². The third-order valence-corrected chi connectivity index (χ3v) is 5.48. The van der Waals surface area contributed by atoms with E-state index < -0.39 is 5.91 Å². The zero-order valence-corrected chi connectivity index (χ0v) is 16.5. The molecule has 0 unspecified atom stereocenters. The number of nitrogens with one attached hydrogen (secondary N) is 1. The fraction of sp³-hybridized carbons (Fsp3) is 0.389. The van der Waals surface area contributed by atoms with Crippen LogP contribution in [-0.2, 0) is 27.9 Å². The van der Waals surface area contributed by atoms with Crippen molar-refractivity contribution >= 4 is 40.9 Å². The molecule has 0 radical (unpaired) electrons. The maximum Gasteiger partial charge on any atom is 0.237 e. The predicted molar refractivity (Wildman–Crippen MR) is 106 cm³/mol. The van der Waals surface area contributed by atoms with E-state index in [-0.39, 0.29) is 36.5 Å². The van der Waals surface area contributed by atoms with E-state index in [1.54, 1.807) is 22.6 Å². The first-order valence-electron chi connectivity index (χ1n) is 8.87. The van der Waals surface area contributed by atoms with Gasteiger partial charge in [0.1, 0.15) is 5.82 Å². The van der Waals surface area contributed by atoms with Gasteiger partial charge in [-0.3, -0.25) is 14.4 Å². The van der Waals surface area contributed by atoms with Gasteiger partial charge in [0.25, 0.3) is 0 Å². The van der Waals surface area contributed by atoms with E-state index >= 15 is 0 Å². The number of para-hydroxylation sites is 2. The number of thioether (sulfide) groups is 1. The van der Waals surface area contributed by atoms with Gasteiger partial charge in [-0.1, -0.05) is 23.9 Å². The summed E-state index contributed by atoms with van der Waals surface area (Å²) in [6.07, 6.45) is 0.822. The van der Waals surface area contributed by atoms with Gasteiger partial charge in [0.15, 0.2) is 5.16 Å². The van der Waals surface area contributed by atoms with E-state index in [1.165, 1.54) is 11.8 Å². The molecule has 0 fully saturated rings. The summed E-state index contributed by atoms with van der Waals surface area (Å²) < 4.78 is 1.76. The Morgan fingerprint density at radius 1 is 1.32 bits per heavy atom. The molecule has 1 aromatic heterocycles. The first-order valence-corrected chi connectivity index (χ1v) is 9.85. The van der Waals surface area contributed by atoms with E-state index in [1.807, 2.05) is 25.1 Å². The Kier molecular flexibility index (Phi) is 5.98. The molecule has 2 aromatic rings. The van der Waals surface area contributed by atoms with Crippen LogP contribution in [0.5, 0.6) is 0 Å². The lowest BCUT2D eigenvalue weighted by atomic mass is 10.2. The average Bonchev–Trinajstić information content (AvgIpc) is 2.92. The minimum absolute atomic E-state index is 0.115. The molecule has 1 atom stereocenters. The number of aryl methyl sites for hydroxylation is 1. The lowest BCUT2D eigenvalue weighted by Gasteiger charge is -2.27. The molecule has 1 aromatic carbocycles. The normalized spacial score (nSPS) is 16.3. The molecule has 3 amide bonds. The molecule has 1 aliphatic heterocycles. The quantitative estimate of drug-likeness (QED) is 0.697. The highest BCUT2D eigenvalue weighted by atomic mass is 32.2. The molecule has 2 heterocycles. The van der Waals surface area contributed by atoms with Crippen LogP contribution in [0.3, 0.4) is 0 Å². The standard InChI is InChI=1S/C18H22N6O3S/c1-11-9-16(26)20-12-5-3-4-6-13(12)24(11)17(27)10-28-18-22-21-15(23(18)2)8-7-14(19)25/h3-6,11H,7-10H2,1-2H3,(H2,19,25)(H,20,26)/t11-/m0/s1. The van der Waals surface area contributed by atoms with E-state index in [2.05, 4.69) is 15.5 Å². The number of primary amides is 1. The zero-order chi connectivity index (χ0) is 20.3. The number of hydrogen-bond acceptors (Lipinski definition) is 6. The van der Waals surface area contributed by atoms with Crippen molar-refractivity contribution in [1.82, 2.24) is 14.8 Å². The first kappa shape index (κ1) is 19.9. The van der Waals surface area contributed by atoms with Gasteiger partial charge in [-0.05, 0) is 19.1 Å². The fourth-order valence-corrected chi connectivity index (χ4v) is 3.88. The van der Waals surface area contributed by atoms with E-state index in [0.717, 1.165) is 0 Å². The van der Waals surface area contributed by atoms with Gasteiger partial charge in [0.2, 0.25) is 17.7 Å². The topological polar surface area (TPSA) is 123 Å². The molecule has 3 rings (SSSR count). The van der Waals surface area contributed by atoms with E-state index in [4.69, 9.17) is 5.73 Å². The third kappa shape index (κ3) is 4.33. The smallest absolute Gasteiger partial charge is 0.237 e. The Morgan fingerprint density at radius 2 is 2.07 bits per heavy atom. The average molecular weight is 402 g/mol. The Morgan fingerprint density at radius 3 is 2.82 bits per heavy atom. The molecular formula is C18H22N6O3S. The number of amides is 3. The maximum absolute atomic E-state index is 13.0. The summed E-state index contributed by atoms with van der Waals surface area (Å²) >= 11 is 1.26. The molecule has 9 nitrogen and oxygen atoms in total. The maximum atomic E-state index is 13.0. The number of nitrogens with two attached hydrogens (primary N) is 1. The highest BCUT2D eigenvalue weighted by Gasteiger charge is 2.29. The minimum Gasteiger partial charge on any atom is -0.370 e. The van der Waals surface area contributed by atoms with Gasteiger partial charge in [0, 0.05) is 32.4 Å². The number of nitrogens with zero attached hydrogens (tertiary/aromatic N) is 4. The molecule has 28 heavy (non-hydrogen) atoms. The summed E-state index contributed by atoms with van der Waals surface area (Å²) in [6.45, 7) is 1.86. The van der Waals surface area contributed by atoms with Crippen LogP contribution >= 0.6 is 11.8 Å². The zero-order valence-electron chi connectivity index (χ0n) is 15.7. The van der Waals surface area contributed by atoms with Crippen LogP contribution < -0.4 is 16.0 Å². The lowest BCUT2D eigenvalue weighted by molar-refractivity contribution is -0.119. The molecule has 10 heteroatoms. The Balaban J connectivity index is 1.73. The van der Waals surface area contributed by atoms with Gasteiger partial charge in [-0.15, -0.1) is 10.2 Å². The van der Waals surface area contributed by atoms with Crippen molar-refractivity contribution < 1.29 is 14.4 Å². The highest BCUT2D eigenvalue weighted by molar-refractivity contribution is 7.99. The number of aromatic nitrogens is 3. The summed E-state index contributed by atoms with van der Waals surface area (Å²) in [5.41, 5.74) is 6.49. The van der Waals surface area contributed by atoms with Crippen molar-refractivity contribution in [3.05, 3.63) is 30.1 Å². The summed E-state index contributed by atoms with van der Waals surface area (Å²) in [5, 5.41) is 11.6. The Labute approximate surface area is 166 Å². The largest absolute Gasteiger partial charge is 0.370 e. The second-order valence-corrected chi connectivity index (χ2v) is 7.54. The van der Waals surface area contributed by atoms with Crippen molar-refractivity contribution in [3.63, 3.8) is 0 Å². The molecule has 0 spiro atoms. The molecule has 0 aliphatic carbocycles. The van der Waals surface area contributed by atoms with Crippen LogP contribution in [0.4, 0.5) is 11.4 Å². The van der Waals surface area contributed by atoms with E-state index in [9.17, 15) is 14.4 Å². The third-order valence-electron chi connectivity index (χ3n) is 4.47. The van der Waals surface area contributed by atoms with Crippen LogP contribution in [0.25, 0.3) is 0 Å². The van der Waals surface area contributed by atoms with E-state index in [0.29, 0.717) is 28.8 Å². The SMILES string of the molecule is C[C@H]1CC(=O)Nc2ccccc2N1C(=O)CSc1nnc(CCC(N)=O)n1C. The van der Waals surface area contributed by atoms with Crippen molar-refractivity contribution in [2.45, 2.75) is 37.4 Å². The van der Waals surface area contributed by atoms with Crippen molar-refractivity contribution in [2.24, 2.45) is 12.8 Å². The Hall–Kier alpha value is -2.88. The second-order valence-electron chi connectivity index (χ2n) is 6.60. The van der Waals surface area contributed by atoms with Crippen LogP contribution in [0.2, 0.25) is 0 Å². The fourth-order valence-electron chi connectivity index (χ4n) is 3.09. The number of rotatable bonds is 6. The van der Waals surface area contributed by atoms with Gasteiger partial charge >= 0.3 is 0 Å². The van der Waals surface area contributed by atoms with Crippen molar-refractivity contribution in [2.75, 3.05) is 16.0 Å². The second kappa shape index (κ2) is 8.42. The molecular weight excluding hydrogens is 380 g/mol. The molecule has 0 saturated heterocycles. The number of carbonyl (C=O) groups excluding carboxylic acids is 3. The molecule has 148 valence electrons. The first-order chi connectivity index (χ1) is 13.4. The molecule has 1 aliphatic rings. The Bertz CT molecular complexity index is 912. The summed E-state index contributed by atoms with van der Waals surface area (Å²) in [5.74, 6) is 0.147. The van der Waals surface area contributed by atoms with Gasteiger partial charge in [0.05, 0.1) is 17.1 Å². The van der Waals surface area contributed by atoms with Crippen LogP contribution in [0, 0.1) is 0 Å². The minimum atomic E-state index is -0.399. The summed E-state index contributed by atoms with van der Waals surface area (Å²) in [4.78, 5) is 37.6. The molecule has 3 N–H and O–H groups in total. The number of carbonyl (C=O) groups is 3. The van der Waals surface area contributed by atoms with Crippen LogP contribution in [0.1, 0.15) is 25.6 Å². The van der Waals surface area contributed by atoms with Crippen LogP contribution in [-0.4, -0.2) is 44.3 Å². The lowest BCUT2D eigenvalue weighted by Crippen LogP contribution is -2.40. The van der Waals surface area contributed by atoms with Gasteiger partial charge in [-0.2, -0.15) is 0 Å². The van der Waals surface area contributed by atoms with Gasteiger partial charge < -0.3 is 20.5 Å². The molecule has 0 bridgehead atoms. The number of fused-ring (bicyclic) bond motifs is 1. The number of hydrogen-bond donors (Lipinski definition) is 2. The monoisotopic (exact) mass is 402 g/mol. The molecule has 0 saturated carbocycles. The van der Waals surface area contributed by atoms with Crippen molar-refractivity contribution in [3.8, 4) is 0 Å².